The molecule has 3 aromatic rings. The summed E-state index contributed by atoms with van der Waals surface area (Å²) in [4.78, 5) is 23.8. The Labute approximate surface area is 174 Å². The third kappa shape index (κ3) is 3.45. The molecule has 0 saturated carbocycles. The second-order valence-corrected chi connectivity index (χ2v) is 7.12. The van der Waals surface area contributed by atoms with Gasteiger partial charge in [-0.1, -0.05) is 17.3 Å². The molecule has 150 valence electrons. The number of hydrogen-bond acceptors (Lipinski definition) is 7. The number of pyridine rings is 1. The summed E-state index contributed by atoms with van der Waals surface area (Å²) >= 11 is 0. The van der Waals surface area contributed by atoms with Gasteiger partial charge in [-0.25, -0.2) is 0 Å². The summed E-state index contributed by atoms with van der Waals surface area (Å²) in [5, 5.41) is 10.9. The highest BCUT2D eigenvalue weighted by atomic mass is 35.5. The molecule has 8 nitrogen and oxygen atoms in total. The first-order chi connectivity index (χ1) is 13.8. The zero-order chi connectivity index (χ0) is 19.0. The predicted octanol–water partition coefficient (Wildman–Crippen LogP) is 2.63. The first-order valence-corrected chi connectivity index (χ1v) is 9.38. The number of benzene rings is 1. The molecule has 1 fully saturated rings. The molecule has 0 radical (unpaired) electrons. The lowest BCUT2D eigenvalue weighted by molar-refractivity contribution is -0.124. The van der Waals surface area contributed by atoms with Crippen LogP contribution < -0.4 is 15.5 Å². The van der Waals surface area contributed by atoms with E-state index in [1.807, 2.05) is 36.4 Å². The van der Waals surface area contributed by atoms with Crippen molar-refractivity contribution in [2.24, 2.45) is 0 Å². The molecule has 1 aromatic carbocycles. The molecule has 0 bridgehead atoms. The first-order valence-electron chi connectivity index (χ1n) is 9.38. The van der Waals surface area contributed by atoms with Crippen LogP contribution in [0.1, 0.15) is 18.7 Å². The van der Waals surface area contributed by atoms with Gasteiger partial charge in [-0.05, 0) is 50.2 Å². The first kappa shape index (κ1) is 19.4. The maximum atomic E-state index is 13.5. The number of aromatic nitrogens is 3. The average molecular weight is 413 g/mol. The number of rotatable bonds is 3. The van der Waals surface area contributed by atoms with Crippen molar-refractivity contribution in [1.82, 2.24) is 20.4 Å². The van der Waals surface area contributed by atoms with Gasteiger partial charge in [0.15, 0.2) is 0 Å². The van der Waals surface area contributed by atoms with E-state index in [9.17, 15) is 4.79 Å². The van der Waals surface area contributed by atoms with Crippen LogP contribution in [0, 0.1) is 0 Å². The lowest BCUT2D eigenvalue weighted by atomic mass is 9.84. The van der Waals surface area contributed by atoms with Crippen molar-refractivity contribution in [3.63, 3.8) is 0 Å². The number of hydrogen-bond donors (Lipinski definition) is 2. The molecule has 2 aliphatic rings. The van der Waals surface area contributed by atoms with Gasteiger partial charge in [0.05, 0.1) is 11.4 Å². The lowest BCUT2D eigenvalue weighted by Gasteiger charge is -2.45. The number of anilines is 2. The number of amides is 1. The van der Waals surface area contributed by atoms with E-state index in [1.165, 1.54) is 0 Å². The molecular formula is C20H21ClN6O2. The van der Waals surface area contributed by atoms with E-state index >= 15 is 0 Å². The van der Waals surface area contributed by atoms with Crippen molar-refractivity contribution in [2.45, 2.75) is 24.9 Å². The second-order valence-electron chi connectivity index (χ2n) is 7.12. The summed E-state index contributed by atoms with van der Waals surface area (Å²) in [5.74, 6) is 0.914. The molecule has 2 aliphatic heterocycles. The van der Waals surface area contributed by atoms with E-state index in [0.717, 1.165) is 42.9 Å². The van der Waals surface area contributed by atoms with Crippen molar-refractivity contribution in [2.75, 3.05) is 23.3 Å². The smallest absolute Gasteiger partial charge is 0.253 e. The Hall–Kier alpha value is -2.97. The van der Waals surface area contributed by atoms with Crippen molar-refractivity contribution in [3.8, 4) is 11.4 Å². The fourth-order valence-electron chi connectivity index (χ4n) is 3.91. The molecule has 2 aromatic heterocycles. The zero-order valence-electron chi connectivity index (χ0n) is 15.7. The summed E-state index contributed by atoms with van der Waals surface area (Å²) in [6.07, 6.45) is 4.85. The molecule has 9 heteroatoms. The average Bonchev–Trinajstić information content (AvgIpc) is 3.21. The Kier molecular flexibility index (Phi) is 5.21. The SMILES string of the molecule is Cl.O=C1N(Cc2nc(-c3cccnc3)no2)c2ccccc2NC12CCNCC2. The van der Waals surface area contributed by atoms with E-state index in [-0.39, 0.29) is 24.9 Å². The number of nitrogens with one attached hydrogen (secondary N) is 2. The highest BCUT2D eigenvalue weighted by Crippen LogP contribution is 2.39. The van der Waals surface area contributed by atoms with Crippen LogP contribution in [0.5, 0.6) is 0 Å². The monoisotopic (exact) mass is 412 g/mol. The minimum Gasteiger partial charge on any atom is -0.369 e. The molecule has 29 heavy (non-hydrogen) atoms. The van der Waals surface area contributed by atoms with Gasteiger partial charge in [0.2, 0.25) is 11.7 Å². The number of carbonyl (C=O) groups excluding carboxylic acids is 1. The molecule has 0 aliphatic carbocycles. The van der Waals surface area contributed by atoms with Gasteiger partial charge >= 0.3 is 0 Å². The van der Waals surface area contributed by atoms with Crippen LogP contribution in [0.15, 0.2) is 53.3 Å². The van der Waals surface area contributed by atoms with Crippen LogP contribution in [-0.2, 0) is 11.3 Å². The lowest BCUT2D eigenvalue weighted by Crippen LogP contribution is -2.61. The van der Waals surface area contributed by atoms with Crippen LogP contribution in [0.25, 0.3) is 11.4 Å². The van der Waals surface area contributed by atoms with Gasteiger partial charge in [0, 0.05) is 18.0 Å². The Balaban J connectivity index is 0.00000205. The summed E-state index contributed by atoms with van der Waals surface area (Å²) in [5.41, 5.74) is 1.97. The van der Waals surface area contributed by atoms with E-state index in [4.69, 9.17) is 4.52 Å². The van der Waals surface area contributed by atoms with Crippen molar-refractivity contribution in [1.29, 1.82) is 0 Å². The molecule has 0 atom stereocenters. The minimum absolute atomic E-state index is 0. The van der Waals surface area contributed by atoms with Crippen molar-refractivity contribution >= 4 is 29.7 Å². The zero-order valence-corrected chi connectivity index (χ0v) is 16.5. The molecule has 2 N–H and O–H groups in total. The van der Waals surface area contributed by atoms with Gasteiger partial charge in [-0.15, -0.1) is 12.4 Å². The molecule has 0 unspecified atom stereocenters. The standard InChI is InChI=1S/C20H20N6O2.ClH/c27-19-20(7-10-21-11-8-20)24-15-5-1-2-6-16(15)26(19)13-17-23-18(25-28-17)14-4-3-9-22-12-14;/h1-6,9,12,21,24H,7-8,10-11,13H2;1H. The Morgan fingerprint density at radius 2 is 1.97 bits per heavy atom. The fourth-order valence-corrected chi connectivity index (χ4v) is 3.91. The maximum absolute atomic E-state index is 13.5. The third-order valence-corrected chi connectivity index (χ3v) is 5.36. The highest BCUT2D eigenvalue weighted by Gasteiger charge is 2.46. The van der Waals surface area contributed by atoms with E-state index in [2.05, 4.69) is 25.8 Å². The van der Waals surface area contributed by atoms with Crippen LogP contribution >= 0.6 is 12.4 Å². The number of para-hydroxylation sites is 2. The molecule has 1 saturated heterocycles. The summed E-state index contributed by atoms with van der Waals surface area (Å²) in [6.45, 7) is 1.85. The minimum atomic E-state index is -0.591. The molecule has 1 amide bonds. The van der Waals surface area contributed by atoms with Gasteiger partial charge < -0.3 is 15.2 Å². The van der Waals surface area contributed by atoms with Crippen LogP contribution in [0.3, 0.4) is 0 Å². The molecule has 5 rings (SSSR count). The van der Waals surface area contributed by atoms with Gasteiger partial charge in [-0.2, -0.15) is 4.98 Å². The van der Waals surface area contributed by atoms with Crippen LogP contribution in [0.4, 0.5) is 11.4 Å². The number of fused-ring (bicyclic) bond motifs is 1. The number of piperidine rings is 1. The highest BCUT2D eigenvalue weighted by molar-refractivity contribution is 6.07. The van der Waals surface area contributed by atoms with E-state index in [1.54, 1.807) is 17.3 Å². The third-order valence-electron chi connectivity index (χ3n) is 5.36. The van der Waals surface area contributed by atoms with Crippen LogP contribution in [-0.4, -0.2) is 39.7 Å². The summed E-state index contributed by atoms with van der Waals surface area (Å²) in [6, 6.07) is 11.5. The quantitative estimate of drug-likeness (QED) is 0.682. The normalized spacial score (nSPS) is 17.4. The Morgan fingerprint density at radius 3 is 2.76 bits per heavy atom. The van der Waals surface area contributed by atoms with E-state index in [0.29, 0.717) is 11.7 Å². The fraction of sp³-hybridized carbons (Fsp3) is 0.300. The largest absolute Gasteiger partial charge is 0.369 e. The number of nitrogens with zero attached hydrogens (tertiary/aromatic N) is 4. The predicted molar refractivity (Wildman–Crippen MR) is 111 cm³/mol. The van der Waals surface area contributed by atoms with Crippen molar-refractivity contribution < 1.29 is 9.32 Å². The summed E-state index contributed by atoms with van der Waals surface area (Å²) < 4.78 is 5.45. The number of carbonyl (C=O) groups is 1. The Bertz CT molecular complexity index is 1000. The summed E-state index contributed by atoms with van der Waals surface area (Å²) in [7, 11) is 0. The van der Waals surface area contributed by atoms with Gasteiger partial charge in [-0.3, -0.25) is 14.7 Å². The molecule has 4 heterocycles. The maximum Gasteiger partial charge on any atom is 0.253 e. The van der Waals surface area contributed by atoms with Crippen LogP contribution in [0.2, 0.25) is 0 Å². The molecule has 1 spiro atoms. The van der Waals surface area contributed by atoms with Crippen molar-refractivity contribution in [3.05, 3.63) is 54.7 Å². The second kappa shape index (κ2) is 7.81. The van der Waals surface area contributed by atoms with E-state index < -0.39 is 5.54 Å². The number of halogens is 1. The Morgan fingerprint density at radius 1 is 1.14 bits per heavy atom. The topological polar surface area (TPSA) is 96.2 Å². The van der Waals surface area contributed by atoms with Gasteiger partial charge in [0.25, 0.3) is 5.91 Å². The van der Waals surface area contributed by atoms with Gasteiger partial charge in [0.1, 0.15) is 12.1 Å². The molecular weight excluding hydrogens is 392 g/mol.